The molecule has 1 N–H and O–H groups in total. The maximum absolute atomic E-state index is 12.5. The van der Waals surface area contributed by atoms with Crippen LogP contribution < -0.4 is 14.4 Å². The van der Waals surface area contributed by atoms with E-state index in [-0.39, 0.29) is 16.6 Å². The maximum atomic E-state index is 12.5. The number of aryl methyl sites for hydroxylation is 2. The van der Waals surface area contributed by atoms with E-state index in [4.69, 9.17) is 16.3 Å². The summed E-state index contributed by atoms with van der Waals surface area (Å²) in [5, 5.41) is 4.10. The third-order valence-corrected chi connectivity index (χ3v) is 6.78. The number of carbonyl (C=O) groups excluding carboxylic acids is 1. The van der Waals surface area contributed by atoms with E-state index in [0.717, 1.165) is 11.3 Å². The second kappa shape index (κ2) is 9.51. The second-order valence-corrected chi connectivity index (χ2v) is 8.95. The number of para-hydroxylation sites is 1. The molecule has 0 aliphatic heterocycles. The van der Waals surface area contributed by atoms with Gasteiger partial charge in [0.2, 0.25) is 10.0 Å². The van der Waals surface area contributed by atoms with Gasteiger partial charge in [0.15, 0.2) is 0 Å². The van der Waals surface area contributed by atoms with E-state index in [1.54, 1.807) is 45.3 Å². The highest BCUT2D eigenvalue weighted by molar-refractivity contribution is 7.89. The van der Waals surface area contributed by atoms with Gasteiger partial charge in [-0.05, 0) is 43.2 Å². The molecule has 3 aromatic rings. The molecule has 0 atom stereocenters. The van der Waals surface area contributed by atoms with Crippen molar-refractivity contribution in [3.63, 3.8) is 0 Å². The third-order valence-electron chi connectivity index (χ3n) is 4.62. The zero-order valence-electron chi connectivity index (χ0n) is 17.4. The van der Waals surface area contributed by atoms with E-state index in [9.17, 15) is 13.2 Å². The predicted octanol–water partition coefficient (Wildman–Crippen LogP) is 3.54. The first-order chi connectivity index (χ1) is 14.7. The fourth-order valence-corrected chi connectivity index (χ4v) is 4.75. The van der Waals surface area contributed by atoms with Gasteiger partial charge in [-0.15, -0.1) is 0 Å². The van der Waals surface area contributed by atoms with Crippen LogP contribution in [0.25, 0.3) is 0 Å². The summed E-state index contributed by atoms with van der Waals surface area (Å²) in [7, 11) is -0.554. The monoisotopic (exact) mass is 462 g/mol. The van der Waals surface area contributed by atoms with Gasteiger partial charge in [-0.3, -0.25) is 9.58 Å². The molecule has 31 heavy (non-hydrogen) atoms. The summed E-state index contributed by atoms with van der Waals surface area (Å²) in [4.78, 5) is 13.7. The standard InChI is InChI=1S/C21H23ClN4O4S/c1-15-19(20(22)26(3)24-15)31(28,29)23-14-13-16-9-11-18(12-10-16)30-21(27)25(2)17-7-5-4-6-8-17/h4-12,23H,13-14H2,1-3H3. The average molecular weight is 463 g/mol. The molecule has 0 radical (unpaired) electrons. The summed E-state index contributed by atoms with van der Waals surface area (Å²) in [5.74, 6) is 0.398. The van der Waals surface area contributed by atoms with Crippen LogP contribution in [0.3, 0.4) is 0 Å². The van der Waals surface area contributed by atoms with E-state index in [1.807, 2.05) is 30.3 Å². The highest BCUT2D eigenvalue weighted by Crippen LogP contribution is 2.24. The van der Waals surface area contributed by atoms with Gasteiger partial charge < -0.3 is 4.74 Å². The van der Waals surface area contributed by atoms with Crippen molar-refractivity contribution in [2.24, 2.45) is 7.05 Å². The Morgan fingerprint density at radius 3 is 2.39 bits per heavy atom. The van der Waals surface area contributed by atoms with Gasteiger partial charge in [-0.2, -0.15) is 5.10 Å². The lowest BCUT2D eigenvalue weighted by atomic mass is 10.1. The molecule has 1 aromatic heterocycles. The molecule has 8 nitrogen and oxygen atoms in total. The Bertz CT molecular complexity index is 1160. The Kier molecular flexibility index (Phi) is 6.99. The zero-order valence-corrected chi connectivity index (χ0v) is 18.9. The van der Waals surface area contributed by atoms with E-state index >= 15 is 0 Å². The van der Waals surface area contributed by atoms with Crippen molar-refractivity contribution in [2.75, 3.05) is 18.5 Å². The van der Waals surface area contributed by atoms with Crippen LogP contribution in [0.5, 0.6) is 5.75 Å². The number of nitrogens with zero attached hydrogens (tertiary/aromatic N) is 3. The average Bonchev–Trinajstić information content (AvgIpc) is 3.01. The molecule has 2 aromatic carbocycles. The molecule has 0 spiro atoms. The number of amides is 1. The Morgan fingerprint density at radius 1 is 1.16 bits per heavy atom. The fourth-order valence-electron chi connectivity index (χ4n) is 2.97. The summed E-state index contributed by atoms with van der Waals surface area (Å²) in [6, 6.07) is 16.1. The zero-order chi connectivity index (χ0) is 22.6. The van der Waals surface area contributed by atoms with Crippen molar-refractivity contribution in [1.82, 2.24) is 14.5 Å². The van der Waals surface area contributed by atoms with Crippen molar-refractivity contribution in [3.8, 4) is 5.75 Å². The number of benzene rings is 2. The van der Waals surface area contributed by atoms with Crippen LogP contribution in [-0.2, 0) is 23.5 Å². The van der Waals surface area contributed by atoms with Crippen LogP contribution in [0, 0.1) is 6.92 Å². The summed E-state index contributed by atoms with van der Waals surface area (Å²) in [5.41, 5.74) is 1.94. The summed E-state index contributed by atoms with van der Waals surface area (Å²) < 4.78 is 34.3. The Labute approximate surface area is 186 Å². The second-order valence-electron chi connectivity index (χ2n) is 6.88. The number of hydrogen-bond donors (Lipinski definition) is 1. The lowest BCUT2D eigenvalue weighted by Crippen LogP contribution is -2.29. The van der Waals surface area contributed by atoms with Crippen molar-refractivity contribution < 1.29 is 17.9 Å². The molecule has 3 rings (SSSR count). The molecule has 0 saturated carbocycles. The number of anilines is 1. The van der Waals surface area contributed by atoms with Crippen LogP contribution in [-0.4, -0.2) is 37.9 Å². The third kappa shape index (κ3) is 5.43. The number of nitrogens with one attached hydrogen (secondary N) is 1. The van der Waals surface area contributed by atoms with Gasteiger partial charge in [0.25, 0.3) is 0 Å². The normalized spacial score (nSPS) is 11.4. The predicted molar refractivity (Wildman–Crippen MR) is 119 cm³/mol. The van der Waals surface area contributed by atoms with Crippen LogP contribution in [0.2, 0.25) is 5.15 Å². The number of halogens is 1. The molecular weight excluding hydrogens is 440 g/mol. The van der Waals surface area contributed by atoms with E-state index < -0.39 is 16.1 Å². The number of rotatable bonds is 7. The molecule has 1 heterocycles. The van der Waals surface area contributed by atoms with Crippen LogP contribution in [0.15, 0.2) is 59.5 Å². The van der Waals surface area contributed by atoms with Crippen molar-refractivity contribution in [2.45, 2.75) is 18.2 Å². The van der Waals surface area contributed by atoms with Gasteiger partial charge >= 0.3 is 6.09 Å². The van der Waals surface area contributed by atoms with Crippen LogP contribution >= 0.6 is 11.6 Å². The van der Waals surface area contributed by atoms with Crippen molar-refractivity contribution >= 4 is 33.4 Å². The van der Waals surface area contributed by atoms with Gasteiger partial charge in [-0.1, -0.05) is 41.9 Å². The Hall–Kier alpha value is -2.88. The summed E-state index contributed by atoms with van der Waals surface area (Å²) >= 11 is 6.05. The van der Waals surface area contributed by atoms with E-state index in [1.165, 1.54) is 9.58 Å². The number of ether oxygens (including phenoxy) is 1. The Morgan fingerprint density at radius 2 is 1.81 bits per heavy atom. The minimum absolute atomic E-state index is 0.0125. The maximum Gasteiger partial charge on any atom is 0.419 e. The first-order valence-corrected chi connectivity index (χ1v) is 11.3. The quantitative estimate of drug-likeness (QED) is 0.579. The smallest absolute Gasteiger partial charge is 0.410 e. The minimum Gasteiger partial charge on any atom is -0.410 e. The van der Waals surface area contributed by atoms with Gasteiger partial charge in [0.05, 0.1) is 5.69 Å². The number of carbonyl (C=O) groups is 1. The molecule has 0 aliphatic carbocycles. The lowest BCUT2D eigenvalue weighted by molar-refractivity contribution is 0.209. The molecule has 0 unspecified atom stereocenters. The topological polar surface area (TPSA) is 93.5 Å². The molecular formula is C21H23ClN4O4S. The van der Waals surface area contributed by atoms with Gasteiger partial charge in [0.1, 0.15) is 15.8 Å². The van der Waals surface area contributed by atoms with Gasteiger partial charge in [-0.25, -0.2) is 17.9 Å². The van der Waals surface area contributed by atoms with Crippen LogP contribution in [0.4, 0.5) is 10.5 Å². The molecule has 0 bridgehead atoms. The summed E-state index contributed by atoms with van der Waals surface area (Å²) in [6.07, 6.45) is -0.0516. The van der Waals surface area contributed by atoms with Crippen LogP contribution in [0.1, 0.15) is 11.3 Å². The minimum atomic E-state index is -3.77. The highest BCUT2D eigenvalue weighted by atomic mass is 35.5. The molecule has 164 valence electrons. The first kappa shape index (κ1) is 22.8. The molecule has 0 aliphatic rings. The first-order valence-electron chi connectivity index (χ1n) is 9.47. The fraction of sp³-hybridized carbons (Fsp3) is 0.238. The van der Waals surface area contributed by atoms with E-state index in [2.05, 4.69) is 9.82 Å². The van der Waals surface area contributed by atoms with Gasteiger partial charge in [0, 0.05) is 26.3 Å². The number of hydrogen-bond acceptors (Lipinski definition) is 5. The van der Waals surface area contributed by atoms with Crippen molar-refractivity contribution in [3.05, 3.63) is 71.0 Å². The SMILES string of the molecule is Cc1nn(C)c(Cl)c1S(=O)(=O)NCCc1ccc(OC(=O)N(C)c2ccccc2)cc1. The number of sulfonamides is 1. The van der Waals surface area contributed by atoms with E-state index in [0.29, 0.717) is 17.9 Å². The molecule has 1 amide bonds. The largest absolute Gasteiger partial charge is 0.419 e. The Balaban J connectivity index is 1.55. The highest BCUT2D eigenvalue weighted by Gasteiger charge is 2.24. The lowest BCUT2D eigenvalue weighted by Gasteiger charge is -2.16. The molecule has 10 heteroatoms. The summed E-state index contributed by atoms with van der Waals surface area (Å²) in [6.45, 7) is 1.78. The number of aromatic nitrogens is 2. The molecule has 0 fully saturated rings. The molecule has 0 saturated heterocycles. The van der Waals surface area contributed by atoms with Crippen molar-refractivity contribution in [1.29, 1.82) is 0 Å².